The second-order valence-corrected chi connectivity index (χ2v) is 8.83. The highest BCUT2D eigenvalue weighted by Gasteiger charge is 2.18. The van der Waals surface area contributed by atoms with Gasteiger partial charge >= 0.3 is 0 Å². The summed E-state index contributed by atoms with van der Waals surface area (Å²) in [4.78, 5) is 4.30. The molecule has 2 aromatic carbocycles. The monoisotopic (exact) mass is 437 g/mol. The number of halogens is 1. The van der Waals surface area contributed by atoms with Crippen LogP contribution in [0.15, 0.2) is 71.9 Å². The zero-order chi connectivity index (χ0) is 19.3. The van der Waals surface area contributed by atoms with E-state index in [1.165, 1.54) is 0 Å². The molecule has 0 spiro atoms. The van der Waals surface area contributed by atoms with Crippen LogP contribution in [0.3, 0.4) is 0 Å². The van der Waals surface area contributed by atoms with Gasteiger partial charge in [-0.2, -0.15) is 12.6 Å². The SMILES string of the molecule is C[C@H](CNCC(S)c1ccccc1)NS(=O)(=O)c1ccc2cnccc2c1.Cl. The summed E-state index contributed by atoms with van der Waals surface area (Å²) in [6.45, 7) is 3.01. The molecule has 0 amide bonds. The molecule has 0 saturated carbocycles. The third-order valence-electron chi connectivity index (χ3n) is 4.25. The number of pyridine rings is 1. The second kappa shape index (κ2) is 10.2. The Morgan fingerprint density at radius 1 is 1.04 bits per heavy atom. The van der Waals surface area contributed by atoms with E-state index in [1.807, 2.05) is 37.3 Å². The molecule has 3 aromatic rings. The third-order valence-corrected chi connectivity index (χ3v) is 6.32. The number of hydrogen-bond acceptors (Lipinski definition) is 5. The Balaban J connectivity index is 0.00000280. The Labute approximate surface area is 177 Å². The quantitative estimate of drug-likeness (QED) is 0.471. The van der Waals surface area contributed by atoms with Crippen LogP contribution in [0.2, 0.25) is 0 Å². The van der Waals surface area contributed by atoms with E-state index in [2.05, 4.69) is 27.7 Å². The van der Waals surface area contributed by atoms with Crippen molar-refractivity contribution < 1.29 is 8.42 Å². The number of hydrogen-bond donors (Lipinski definition) is 3. The molecular weight excluding hydrogens is 414 g/mol. The maximum atomic E-state index is 12.6. The van der Waals surface area contributed by atoms with Crippen LogP contribution in [0.5, 0.6) is 0 Å². The summed E-state index contributed by atoms with van der Waals surface area (Å²) < 4.78 is 28.0. The van der Waals surface area contributed by atoms with Crippen molar-refractivity contribution in [3.8, 4) is 0 Å². The van der Waals surface area contributed by atoms with Gasteiger partial charge in [-0.05, 0) is 36.1 Å². The summed E-state index contributed by atoms with van der Waals surface area (Å²) >= 11 is 4.59. The number of sulfonamides is 1. The minimum atomic E-state index is -3.58. The molecule has 0 aliphatic rings. The molecule has 2 atom stereocenters. The van der Waals surface area contributed by atoms with E-state index in [4.69, 9.17) is 0 Å². The number of benzene rings is 2. The van der Waals surface area contributed by atoms with Crippen molar-refractivity contribution in [1.82, 2.24) is 15.0 Å². The Hall–Kier alpha value is -1.64. The highest BCUT2D eigenvalue weighted by molar-refractivity contribution is 7.89. The number of rotatable bonds is 8. The fraction of sp³-hybridized carbons (Fsp3) is 0.250. The second-order valence-electron chi connectivity index (χ2n) is 6.49. The van der Waals surface area contributed by atoms with Crippen LogP contribution in [0.1, 0.15) is 17.7 Å². The zero-order valence-corrected chi connectivity index (χ0v) is 18.0. The molecule has 0 aliphatic carbocycles. The van der Waals surface area contributed by atoms with Crippen LogP contribution in [-0.2, 0) is 10.0 Å². The minimum Gasteiger partial charge on any atom is -0.314 e. The molecule has 28 heavy (non-hydrogen) atoms. The highest BCUT2D eigenvalue weighted by atomic mass is 35.5. The van der Waals surface area contributed by atoms with Crippen LogP contribution in [-0.4, -0.2) is 32.5 Å². The smallest absolute Gasteiger partial charge is 0.240 e. The molecular formula is C20H24ClN3O2S2. The van der Waals surface area contributed by atoms with Crippen LogP contribution in [0.4, 0.5) is 0 Å². The first-order valence-corrected chi connectivity index (χ1v) is 10.8. The Kier molecular flexibility index (Phi) is 8.27. The van der Waals surface area contributed by atoms with Gasteiger partial charge in [0, 0.05) is 42.2 Å². The van der Waals surface area contributed by atoms with Crippen molar-refractivity contribution in [2.24, 2.45) is 0 Å². The molecule has 2 N–H and O–H groups in total. The molecule has 3 rings (SSSR count). The van der Waals surface area contributed by atoms with Gasteiger partial charge in [-0.15, -0.1) is 12.4 Å². The summed E-state index contributed by atoms with van der Waals surface area (Å²) in [5.74, 6) is 0. The fourth-order valence-electron chi connectivity index (χ4n) is 2.83. The predicted molar refractivity (Wildman–Crippen MR) is 120 cm³/mol. The van der Waals surface area contributed by atoms with Crippen LogP contribution < -0.4 is 10.0 Å². The summed E-state index contributed by atoms with van der Waals surface area (Å²) in [6, 6.07) is 16.6. The molecule has 0 saturated heterocycles. The molecule has 0 bridgehead atoms. The van der Waals surface area contributed by atoms with Gasteiger partial charge in [0.15, 0.2) is 0 Å². The first kappa shape index (κ1) is 22.6. The Bertz CT molecular complexity index is 1000. The predicted octanol–water partition coefficient (Wildman–Crippen LogP) is 3.58. The standard InChI is InChI=1S/C20H23N3O2S2.ClH/c1-15(12-22-14-20(26)16-5-3-2-4-6-16)23-27(24,25)19-8-7-18-13-21-10-9-17(18)11-19;/h2-11,13,15,20,22-23,26H,12,14H2,1H3;1H/t15-,20?;/m1./s1. The highest BCUT2D eigenvalue weighted by Crippen LogP contribution is 2.19. The molecule has 1 aromatic heterocycles. The van der Waals surface area contributed by atoms with Gasteiger partial charge < -0.3 is 5.32 Å². The molecule has 0 aliphatic heterocycles. The van der Waals surface area contributed by atoms with E-state index in [-0.39, 0.29) is 28.6 Å². The number of nitrogens with zero attached hydrogens (tertiary/aromatic N) is 1. The van der Waals surface area contributed by atoms with E-state index in [1.54, 1.807) is 36.7 Å². The minimum absolute atomic E-state index is 0. The van der Waals surface area contributed by atoms with E-state index in [0.717, 1.165) is 16.3 Å². The molecule has 5 nitrogen and oxygen atoms in total. The van der Waals surface area contributed by atoms with Crippen molar-refractivity contribution in [2.75, 3.05) is 13.1 Å². The molecule has 0 fully saturated rings. The van der Waals surface area contributed by atoms with Gasteiger partial charge in [-0.25, -0.2) is 13.1 Å². The number of nitrogens with one attached hydrogen (secondary N) is 2. The summed E-state index contributed by atoms with van der Waals surface area (Å²) in [7, 11) is -3.58. The van der Waals surface area contributed by atoms with Gasteiger partial charge in [0.1, 0.15) is 0 Å². The lowest BCUT2D eigenvalue weighted by Crippen LogP contribution is -2.40. The van der Waals surface area contributed by atoms with E-state index in [9.17, 15) is 8.42 Å². The van der Waals surface area contributed by atoms with Crippen molar-refractivity contribution in [1.29, 1.82) is 0 Å². The molecule has 8 heteroatoms. The zero-order valence-electron chi connectivity index (χ0n) is 15.4. The lowest BCUT2D eigenvalue weighted by atomic mass is 10.1. The maximum absolute atomic E-state index is 12.6. The first-order chi connectivity index (χ1) is 13.0. The Morgan fingerprint density at radius 2 is 1.79 bits per heavy atom. The van der Waals surface area contributed by atoms with Gasteiger partial charge in [-0.3, -0.25) is 4.98 Å². The molecule has 0 radical (unpaired) electrons. The van der Waals surface area contributed by atoms with Gasteiger partial charge in [-0.1, -0.05) is 36.4 Å². The lowest BCUT2D eigenvalue weighted by molar-refractivity contribution is 0.536. The molecule has 1 heterocycles. The van der Waals surface area contributed by atoms with E-state index < -0.39 is 10.0 Å². The van der Waals surface area contributed by atoms with Crippen LogP contribution in [0, 0.1) is 0 Å². The van der Waals surface area contributed by atoms with Crippen molar-refractivity contribution in [2.45, 2.75) is 23.1 Å². The van der Waals surface area contributed by atoms with Crippen LogP contribution in [0.25, 0.3) is 10.8 Å². The van der Waals surface area contributed by atoms with Crippen molar-refractivity contribution >= 4 is 45.8 Å². The van der Waals surface area contributed by atoms with Gasteiger partial charge in [0.25, 0.3) is 0 Å². The molecule has 1 unspecified atom stereocenters. The summed E-state index contributed by atoms with van der Waals surface area (Å²) in [5, 5.41) is 5.09. The molecule has 150 valence electrons. The van der Waals surface area contributed by atoms with E-state index >= 15 is 0 Å². The average molecular weight is 438 g/mol. The maximum Gasteiger partial charge on any atom is 0.240 e. The topological polar surface area (TPSA) is 71.1 Å². The summed E-state index contributed by atoms with van der Waals surface area (Å²) in [6.07, 6.45) is 3.37. The van der Waals surface area contributed by atoms with Crippen molar-refractivity contribution in [3.05, 3.63) is 72.6 Å². The third kappa shape index (κ3) is 5.93. The van der Waals surface area contributed by atoms with E-state index in [0.29, 0.717) is 13.1 Å². The largest absolute Gasteiger partial charge is 0.314 e. The van der Waals surface area contributed by atoms with Crippen LogP contribution >= 0.6 is 25.0 Å². The number of fused-ring (bicyclic) bond motifs is 1. The lowest BCUT2D eigenvalue weighted by Gasteiger charge is -2.17. The normalized spacial score (nSPS) is 13.6. The Morgan fingerprint density at radius 3 is 2.54 bits per heavy atom. The summed E-state index contributed by atoms with van der Waals surface area (Å²) in [5.41, 5.74) is 1.13. The number of aromatic nitrogens is 1. The van der Waals surface area contributed by atoms with Gasteiger partial charge in [0.2, 0.25) is 10.0 Å². The first-order valence-electron chi connectivity index (χ1n) is 8.75. The number of thiol groups is 1. The van der Waals surface area contributed by atoms with Gasteiger partial charge in [0.05, 0.1) is 4.90 Å². The van der Waals surface area contributed by atoms with Crippen molar-refractivity contribution in [3.63, 3.8) is 0 Å². The fourth-order valence-corrected chi connectivity index (χ4v) is 4.41. The average Bonchev–Trinajstić information content (AvgIpc) is 2.67.